The Balaban J connectivity index is 3.21. The van der Waals surface area contributed by atoms with Crippen LogP contribution < -0.4 is 4.74 Å². The van der Waals surface area contributed by atoms with Crippen LogP contribution in [-0.4, -0.2) is 30.6 Å². The van der Waals surface area contributed by atoms with E-state index in [0.717, 1.165) is 0 Å². The van der Waals surface area contributed by atoms with Crippen molar-refractivity contribution in [3.8, 4) is 11.5 Å². The predicted octanol–water partition coefficient (Wildman–Crippen LogP) is 1.46. The molecule has 92 valence electrons. The standard InChI is InChI=1S/C12H14O5/c1-4-17-12(15)11(14)9-7(2)5-6-8(16-3)10(9)13/h5-6,13H,4H2,1-3H3. The molecule has 0 aromatic heterocycles. The van der Waals surface area contributed by atoms with Crippen molar-refractivity contribution in [1.29, 1.82) is 0 Å². The average molecular weight is 238 g/mol. The van der Waals surface area contributed by atoms with Gasteiger partial charge in [0, 0.05) is 0 Å². The van der Waals surface area contributed by atoms with Gasteiger partial charge in [-0.1, -0.05) is 6.07 Å². The van der Waals surface area contributed by atoms with Crippen LogP contribution in [0.3, 0.4) is 0 Å². The fraction of sp³-hybridized carbons (Fsp3) is 0.333. The summed E-state index contributed by atoms with van der Waals surface area (Å²) in [5.74, 6) is -2.06. The molecule has 0 fully saturated rings. The number of rotatable bonds is 4. The van der Waals surface area contributed by atoms with Crippen molar-refractivity contribution in [3.05, 3.63) is 23.3 Å². The zero-order chi connectivity index (χ0) is 13.0. The van der Waals surface area contributed by atoms with Crippen molar-refractivity contribution in [2.75, 3.05) is 13.7 Å². The summed E-state index contributed by atoms with van der Waals surface area (Å²) in [5.41, 5.74) is 0.407. The minimum absolute atomic E-state index is 0.0807. The smallest absolute Gasteiger partial charge is 0.379 e. The van der Waals surface area contributed by atoms with Gasteiger partial charge in [-0.3, -0.25) is 4.79 Å². The molecule has 0 radical (unpaired) electrons. The zero-order valence-corrected chi connectivity index (χ0v) is 9.94. The molecule has 0 atom stereocenters. The average Bonchev–Trinajstić information content (AvgIpc) is 2.29. The first-order valence-corrected chi connectivity index (χ1v) is 5.10. The molecule has 1 rings (SSSR count). The Hall–Kier alpha value is -2.04. The maximum atomic E-state index is 11.8. The van der Waals surface area contributed by atoms with Crippen LogP contribution in [0.25, 0.3) is 0 Å². The maximum Gasteiger partial charge on any atom is 0.379 e. The molecule has 0 saturated carbocycles. The fourth-order valence-corrected chi connectivity index (χ4v) is 1.42. The zero-order valence-electron chi connectivity index (χ0n) is 9.94. The molecule has 0 spiro atoms. The third-order valence-electron chi connectivity index (χ3n) is 2.26. The highest BCUT2D eigenvalue weighted by Gasteiger charge is 2.25. The molecule has 0 saturated heterocycles. The van der Waals surface area contributed by atoms with E-state index in [1.54, 1.807) is 19.9 Å². The van der Waals surface area contributed by atoms with Crippen molar-refractivity contribution in [2.24, 2.45) is 0 Å². The molecule has 0 aliphatic carbocycles. The van der Waals surface area contributed by atoms with E-state index < -0.39 is 11.8 Å². The lowest BCUT2D eigenvalue weighted by Crippen LogP contribution is -2.18. The number of benzene rings is 1. The van der Waals surface area contributed by atoms with Crippen LogP contribution in [0.15, 0.2) is 12.1 Å². The van der Waals surface area contributed by atoms with Crippen LogP contribution in [0, 0.1) is 6.92 Å². The predicted molar refractivity (Wildman–Crippen MR) is 60.4 cm³/mol. The Kier molecular flexibility index (Phi) is 4.09. The summed E-state index contributed by atoms with van der Waals surface area (Å²) in [4.78, 5) is 23.1. The van der Waals surface area contributed by atoms with Crippen LogP contribution in [0.2, 0.25) is 0 Å². The SMILES string of the molecule is CCOC(=O)C(=O)c1c(C)ccc(OC)c1O. The van der Waals surface area contributed by atoms with Gasteiger partial charge in [0.1, 0.15) is 0 Å². The quantitative estimate of drug-likeness (QED) is 0.488. The number of phenols is 1. The van der Waals surface area contributed by atoms with Gasteiger partial charge in [-0.15, -0.1) is 0 Å². The Bertz CT molecular complexity index is 450. The number of ketones is 1. The first-order valence-electron chi connectivity index (χ1n) is 5.10. The normalized spacial score (nSPS) is 9.82. The molecule has 1 N–H and O–H groups in total. The third kappa shape index (κ3) is 2.55. The van der Waals surface area contributed by atoms with Crippen molar-refractivity contribution in [3.63, 3.8) is 0 Å². The van der Waals surface area contributed by atoms with E-state index in [9.17, 15) is 14.7 Å². The lowest BCUT2D eigenvalue weighted by Gasteiger charge is -2.10. The first-order chi connectivity index (χ1) is 8.02. The van der Waals surface area contributed by atoms with Gasteiger partial charge >= 0.3 is 5.97 Å². The summed E-state index contributed by atoms with van der Waals surface area (Å²) >= 11 is 0. The largest absolute Gasteiger partial charge is 0.504 e. The molecule has 0 aliphatic heterocycles. The molecule has 1 aromatic rings. The molecule has 5 heteroatoms. The van der Waals surface area contributed by atoms with Gasteiger partial charge in [0.2, 0.25) is 0 Å². The number of hydrogen-bond acceptors (Lipinski definition) is 5. The molecule has 0 unspecified atom stereocenters. The topological polar surface area (TPSA) is 72.8 Å². The van der Waals surface area contributed by atoms with Gasteiger partial charge in [-0.25, -0.2) is 4.79 Å². The lowest BCUT2D eigenvalue weighted by atomic mass is 10.0. The number of esters is 1. The van der Waals surface area contributed by atoms with Crippen molar-refractivity contribution >= 4 is 11.8 Å². The van der Waals surface area contributed by atoms with Gasteiger partial charge in [-0.2, -0.15) is 0 Å². The van der Waals surface area contributed by atoms with E-state index in [0.29, 0.717) is 5.56 Å². The Morgan fingerprint density at radius 3 is 2.53 bits per heavy atom. The van der Waals surface area contributed by atoms with E-state index in [1.165, 1.54) is 13.2 Å². The Morgan fingerprint density at radius 1 is 1.35 bits per heavy atom. The number of Topliss-reactive ketones (excluding diaryl/α,β-unsaturated/α-hetero) is 1. The number of aryl methyl sites for hydroxylation is 1. The van der Waals surface area contributed by atoms with Crippen molar-refractivity contribution in [1.82, 2.24) is 0 Å². The monoisotopic (exact) mass is 238 g/mol. The molecule has 0 bridgehead atoms. The molecule has 1 aromatic carbocycles. The second kappa shape index (κ2) is 5.34. The van der Waals surface area contributed by atoms with Gasteiger partial charge in [0.15, 0.2) is 11.5 Å². The van der Waals surface area contributed by atoms with Crippen molar-refractivity contribution < 1.29 is 24.2 Å². The Labute approximate surface area is 99.0 Å². The number of ether oxygens (including phenoxy) is 2. The highest BCUT2D eigenvalue weighted by atomic mass is 16.5. The van der Waals surface area contributed by atoms with Crippen molar-refractivity contribution in [2.45, 2.75) is 13.8 Å². The molecule has 0 aliphatic rings. The van der Waals surface area contributed by atoms with E-state index in [-0.39, 0.29) is 23.7 Å². The maximum absolute atomic E-state index is 11.8. The summed E-state index contributed by atoms with van der Waals surface area (Å²) in [6.07, 6.45) is 0. The highest BCUT2D eigenvalue weighted by Crippen LogP contribution is 2.32. The number of methoxy groups -OCH3 is 1. The van der Waals surface area contributed by atoms with Gasteiger partial charge in [0.25, 0.3) is 5.78 Å². The number of hydrogen-bond donors (Lipinski definition) is 1. The fourth-order valence-electron chi connectivity index (χ4n) is 1.42. The highest BCUT2D eigenvalue weighted by molar-refractivity contribution is 6.41. The van der Waals surface area contributed by atoms with E-state index in [1.807, 2.05) is 0 Å². The van der Waals surface area contributed by atoms with Gasteiger partial charge in [0.05, 0.1) is 19.3 Å². The van der Waals surface area contributed by atoms with E-state index in [2.05, 4.69) is 4.74 Å². The molecule has 0 amide bonds. The number of carbonyl (C=O) groups is 2. The summed E-state index contributed by atoms with van der Waals surface area (Å²) in [6.45, 7) is 3.32. The molecule has 5 nitrogen and oxygen atoms in total. The Morgan fingerprint density at radius 2 is 2.00 bits per heavy atom. The first kappa shape index (κ1) is 13.0. The second-order valence-corrected chi connectivity index (χ2v) is 3.36. The van der Waals surface area contributed by atoms with Crippen LogP contribution in [-0.2, 0) is 9.53 Å². The number of aromatic hydroxyl groups is 1. The minimum Gasteiger partial charge on any atom is -0.504 e. The van der Waals surface area contributed by atoms with Gasteiger partial charge < -0.3 is 14.6 Å². The van der Waals surface area contributed by atoms with Crippen LogP contribution in [0.5, 0.6) is 11.5 Å². The van der Waals surface area contributed by atoms with Crippen LogP contribution in [0.4, 0.5) is 0 Å². The molecular formula is C12H14O5. The summed E-state index contributed by atoms with van der Waals surface area (Å²) in [5, 5.41) is 9.80. The summed E-state index contributed by atoms with van der Waals surface area (Å²) in [7, 11) is 1.36. The molecular weight excluding hydrogens is 224 g/mol. The van der Waals surface area contributed by atoms with Gasteiger partial charge in [-0.05, 0) is 25.5 Å². The van der Waals surface area contributed by atoms with E-state index in [4.69, 9.17) is 4.74 Å². The van der Waals surface area contributed by atoms with Crippen LogP contribution in [0.1, 0.15) is 22.8 Å². The summed E-state index contributed by atoms with van der Waals surface area (Å²) < 4.78 is 9.48. The molecule has 17 heavy (non-hydrogen) atoms. The number of phenolic OH excluding ortho intramolecular Hbond substituents is 1. The second-order valence-electron chi connectivity index (χ2n) is 3.36. The lowest BCUT2D eigenvalue weighted by molar-refractivity contribution is -0.137. The number of carbonyl (C=O) groups excluding carboxylic acids is 2. The third-order valence-corrected chi connectivity index (χ3v) is 2.26. The minimum atomic E-state index is -0.987. The van der Waals surface area contributed by atoms with Crippen LogP contribution >= 0.6 is 0 Å². The summed E-state index contributed by atoms with van der Waals surface area (Å²) in [6, 6.07) is 3.11. The molecule has 0 heterocycles. The van der Waals surface area contributed by atoms with E-state index >= 15 is 0 Å².